The molecule has 3 unspecified atom stereocenters. The molecule has 0 aromatic rings. The zero-order valence-electron chi connectivity index (χ0n) is 11.9. The number of rotatable bonds is 4. The number of nitrogens with two attached hydrogens (primary N) is 1. The van der Waals surface area contributed by atoms with Gasteiger partial charge < -0.3 is 11.1 Å². The topological polar surface area (TPSA) is 38.0 Å². The SMILES string of the molecule is CCC1CCCC1(CN)NC1CCC(C)(C)C1. The Labute approximate surface area is 107 Å². The van der Waals surface area contributed by atoms with Crippen molar-refractivity contribution in [2.24, 2.45) is 17.1 Å². The molecular weight excluding hydrogens is 208 g/mol. The highest BCUT2D eigenvalue weighted by atomic mass is 15.1. The number of hydrogen-bond donors (Lipinski definition) is 2. The van der Waals surface area contributed by atoms with Gasteiger partial charge in [0, 0.05) is 18.1 Å². The lowest BCUT2D eigenvalue weighted by molar-refractivity contribution is 0.212. The van der Waals surface area contributed by atoms with Crippen LogP contribution in [0.15, 0.2) is 0 Å². The average molecular weight is 238 g/mol. The van der Waals surface area contributed by atoms with E-state index in [-0.39, 0.29) is 5.54 Å². The predicted molar refractivity (Wildman–Crippen MR) is 74.0 cm³/mol. The minimum Gasteiger partial charge on any atom is -0.329 e. The molecule has 2 nitrogen and oxygen atoms in total. The zero-order chi connectivity index (χ0) is 12.5. The molecule has 0 radical (unpaired) electrons. The molecule has 3 atom stereocenters. The van der Waals surface area contributed by atoms with Crippen LogP contribution in [0.25, 0.3) is 0 Å². The van der Waals surface area contributed by atoms with Gasteiger partial charge in [-0.15, -0.1) is 0 Å². The van der Waals surface area contributed by atoms with Gasteiger partial charge in [0.1, 0.15) is 0 Å². The van der Waals surface area contributed by atoms with E-state index in [1.54, 1.807) is 0 Å². The third-order valence-electron chi connectivity index (χ3n) is 5.27. The molecule has 2 heteroatoms. The molecule has 0 aliphatic heterocycles. The van der Waals surface area contributed by atoms with Gasteiger partial charge in [-0.1, -0.05) is 33.6 Å². The summed E-state index contributed by atoms with van der Waals surface area (Å²) in [6.45, 7) is 7.94. The highest BCUT2D eigenvalue weighted by Crippen LogP contribution is 2.42. The Balaban J connectivity index is 2.00. The third-order valence-corrected chi connectivity index (χ3v) is 5.27. The number of hydrogen-bond acceptors (Lipinski definition) is 2. The summed E-state index contributed by atoms with van der Waals surface area (Å²) in [4.78, 5) is 0. The van der Waals surface area contributed by atoms with E-state index in [1.807, 2.05) is 0 Å². The summed E-state index contributed by atoms with van der Waals surface area (Å²) in [5.41, 5.74) is 6.92. The standard InChI is InChI=1S/C15H30N2/c1-4-12-6-5-8-15(12,11-16)17-13-7-9-14(2,3)10-13/h12-13,17H,4-11,16H2,1-3H3. The first-order valence-corrected chi connectivity index (χ1v) is 7.49. The van der Waals surface area contributed by atoms with Crippen molar-refractivity contribution in [3.8, 4) is 0 Å². The fraction of sp³-hybridized carbons (Fsp3) is 1.00. The van der Waals surface area contributed by atoms with Gasteiger partial charge in [0.2, 0.25) is 0 Å². The van der Waals surface area contributed by atoms with Crippen LogP contribution in [0.5, 0.6) is 0 Å². The summed E-state index contributed by atoms with van der Waals surface area (Å²) < 4.78 is 0. The highest BCUT2D eigenvalue weighted by molar-refractivity contribution is 5.03. The van der Waals surface area contributed by atoms with E-state index in [0.29, 0.717) is 11.5 Å². The fourth-order valence-electron chi connectivity index (χ4n) is 4.22. The molecular formula is C15H30N2. The summed E-state index contributed by atoms with van der Waals surface area (Å²) >= 11 is 0. The van der Waals surface area contributed by atoms with Gasteiger partial charge in [-0.2, -0.15) is 0 Å². The van der Waals surface area contributed by atoms with Crippen LogP contribution < -0.4 is 11.1 Å². The molecule has 0 saturated heterocycles. The number of nitrogens with one attached hydrogen (secondary N) is 1. The van der Waals surface area contributed by atoms with Crippen molar-refractivity contribution in [3.05, 3.63) is 0 Å². The Morgan fingerprint density at radius 3 is 2.53 bits per heavy atom. The Morgan fingerprint density at radius 1 is 1.24 bits per heavy atom. The lowest BCUT2D eigenvalue weighted by Crippen LogP contribution is -2.57. The van der Waals surface area contributed by atoms with Crippen molar-refractivity contribution in [3.63, 3.8) is 0 Å². The van der Waals surface area contributed by atoms with Gasteiger partial charge in [-0.3, -0.25) is 0 Å². The lowest BCUT2D eigenvalue weighted by atomic mass is 9.84. The molecule has 2 rings (SSSR count). The van der Waals surface area contributed by atoms with E-state index in [0.717, 1.165) is 12.5 Å². The van der Waals surface area contributed by atoms with E-state index in [9.17, 15) is 0 Å². The molecule has 0 heterocycles. The molecule has 2 fully saturated rings. The van der Waals surface area contributed by atoms with Gasteiger partial charge in [0.15, 0.2) is 0 Å². The molecule has 0 amide bonds. The second-order valence-electron chi connectivity index (χ2n) is 7.11. The average Bonchev–Trinajstić information content (AvgIpc) is 2.83. The first-order valence-electron chi connectivity index (χ1n) is 7.49. The molecule has 0 aromatic heterocycles. The van der Waals surface area contributed by atoms with Gasteiger partial charge in [-0.25, -0.2) is 0 Å². The quantitative estimate of drug-likeness (QED) is 0.790. The second-order valence-corrected chi connectivity index (χ2v) is 7.11. The minimum atomic E-state index is 0.264. The van der Waals surface area contributed by atoms with Crippen molar-refractivity contribution in [2.45, 2.75) is 77.3 Å². The van der Waals surface area contributed by atoms with Crippen molar-refractivity contribution < 1.29 is 0 Å². The van der Waals surface area contributed by atoms with Crippen molar-refractivity contribution >= 4 is 0 Å². The first kappa shape index (κ1) is 13.4. The molecule has 100 valence electrons. The normalized spacial score (nSPS) is 40.9. The van der Waals surface area contributed by atoms with Gasteiger partial charge in [0.25, 0.3) is 0 Å². The van der Waals surface area contributed by atoms with E-state index < -0.39 is 0 Å². The van der Waals surface area contributed by atoms with E-state index in [2.05, 4.69) is 26.1 Å². The molecule has 0 spiro atoms. The van der Waals surface area contributed by atoms with Crippen LogP contribution in [0.1, 0.15) is 65.7 Å². The van der Waals surface area contributed by atoms with Crippen LogP contribution in [0.3, 0.4) is 0 Å². The van der Waals surface area contributed by atoms with Crippen molar-refractivity contribution in [2.75, 3.05) is 6.54 Å². The van der Waals surface area contributed by atoms with E-state index in [1.165, 1.54) is 44.9 Å². The fourth-order valence-corrected chi connectivity index (χ4v) is 4.22. The Kier molecular flexibility index (Phi) is 3.84. The maximum Gasteiger partial charge on any atom is 0.0334 e. The van der Waals surface area contributed by atoms with Crippen LogP contribution in [0.2, 0.25) is 0 Å². The highest BCUT2D eigenvalue weighted by Gasteiger charge is 2.43. The smallest absolute Gasteiger partial charge is 0.0334 e. The summed E-state index contributed by atoms with van der Waals surface area (Å²) in [6.07, 6.45) is 9.33. The molecule has 2 aliphatic rings. The van der Waals surface area contributed by atoms with Gasteiger partial charge in [0.05, 0.1) is 0 Å². The summed E-state index contributed by atoms with van der Waals surface area (Å²) in [7, 11) is 0. The van der Waals surface area contributed by atoms with Crippen LogP contribution >= 0.6 is 0 Å². The lowest BCUT2D eigenvalue weighted by Gasteiger charge is -2.38. The molecule has 0 aromatic carbocycles. The van der Waals surface area contributed by atoms with Crippen LogP contribution in [-0.4, -0.2) is 18.1 Å². The Morgan fingerprint density at radius 2 is 2.00 bits per heavy atom. The van der Waals surface area contributed by atoms with Gasteiger partial charge >= 0.3 is 0 Å². The second kappa shape index (κ2) is 4.89. The van der Waals surface area contributed by atoms with Crippen LogP contribution in [-0.2, 0) is 0 Å². The molecule has 17 heavy (non-hydrogen) atoms. The maximum absolute atomic E-state index is 6.12. The zero-order valence-corrected chi connectivity index (χ0v) is 11.9. The molecule has 2 aliphatic carbocycles. The monoisotopic (exact) mass is 238 g/mol. The largest absolute Gasteiger partial charge is 0.329 e. The first-order chi connectivity index (χ1) is 8.01. The van der Waals surface area contributed by atoms with Gasteiger partial charge in [-0.05, 0) is 43.4 Å². The predicted octanol–water partition coefficient (Wildman–Crippen LogP) is 3.06. The maximum atomic E-state index is 6.12. The van der Waals surface area contributed by atoms with Crippen molar-refractivity contribution in [1.29, 1.82) is 0 Å². The summed E-state index contributed by atoms with van der Waals surface area (Å²) in [6, 6.07) is 0.709. The summed E-state index contributed by atoms with van der Waals surface area (Å²) in [5, 5.41) is 3.97. The van der Waals surface area contributed by atoms with E-state index >= 15 is 0 Å². The third kappa shape index (κ3) is 2.68. The molecule has 2 saturated carbocycles. The van der Waals surface area contributed by atoms with Crippen molar-refractivity contribution in [1.82, 2.24) is 5.32 Å². The molecule has 3 N–H and O–H groups in total. The Hall–Kier alpha value is -0.0800. The van der Waals surface area contributed by atoms with E-state index in [4.69, 9.17) is 5.73 Å². The van der Waals surface area contributed by atoms with Crippen LogP contribution in [0.4, 0.5) is 0 Å². The molecule has 0 bridgehead atoms. The minimum absolute atomic E-state index is 0.264. The Bertz CT molecular complexity index is 262. The summed E-state index contributed by atoms with van der Waals surface area (Å²) in [5.74, 6) is 0.802. The van der Waals surface area contributed by atoms with Crippen LogP contribution in [0, 0.1) is 11.3 Å².